The van der Waals surface area contributed by atoms with E-state index in [1.807, 2.05) is 44.2 Å². The maximum absolute atomic E-state index is 12.1. The fraction of sp³-hybridized carbons (Fsp3) is 0.286. The number of amides is 3. The minimum absolute atomic E-state index is 0.00185. The Kier molecular flexibility index (Phi) is 5.91. The molecule has 0 saturated carbocycles. The monoisotopic (exact) mass is 368 g/mol. The summed E-state index contributed by atoms with van der Waals surface area (Å²) >= 11 is 7.94. The number of carbonyl (C=O) groups excluding carboxylic acids is 2. The molecule has 6 nitrogen and oxygen atoms in total. The van der Waals surface area contributed by atoms with Gasteiger partial charge >= 0.3 is 6.03 Å². The zero-order chi connectivity index (χ0) is 17.0. The molecule has 2 rings (SSSR count). The van der Waals surface area contributed by atoms with Crippen LogP contribution in [-0.2, 0) is 4.79 Å². The number of thioether (sulfide) groups is 1. The molecule has 0 aliphatic heterocycles. The van der Waals surface area contributed by atoms with E-state index in [-0.39, 0.29) is 5.92 Å². The van der Waals surface area contributed by atoms with Crippen molar-refractivity contribution < 1.29 is 9.59 Å². The SMILES string of the molecule is CC(C)[C@H](Sc1nn(-c2ccccc2)c(=S)s1)C(=O)NC(N)=O. The fourth-order valence-corrected chi connectivity index (χ4v) is 4.40. The molecular weight excluding hydrogens is 352 g/mol. The molecule has 1 aromatic heterocycles. The van der Waals surface area contributed by atoms with Gasteiger partial charge in [-0.1, -0.05) is 55.1 Å². The van der Waals surface area contributed by atoms with Crippen LogP contribution in [0.4, 0.5) is 4.79 Å². The number of carbonyl (C=O) groups is 2. The molecule has 2 aromatic rings. The van der Waals surface area contributed by atoms with Crippen molar-refractivity contribution >= 4 is 47.3 Å². The Morgan fingerprint density at radius 3 is 2.57 bits per heavy atom. The first-order valence-corrected chi connectivity index (χ1v) is 8.91. The second kappa shape index (κ2) is 7.71. The molecule has 0 spiro atoms. The lowest BCUT2D eigenvalue weighted by Gasteiger charge is -2.17. The Labute approximate surface area is 147 Å². The molecule has 3 N–H and O–H groups in total. The lowest BCUT2D eigenvalue weighted by molar-refractivity contribution is -0.120. The molecule has 0 fully saturated rings. The highest BCUT2D eigenvalue weighted by molar-refractivity contribution is 8.02. The lowest BCUT2D eigenvalue weighted by Crippen LogP contribution is -2.42. The molecule has 0 saturated heterocycles. The molecular formula is C14H16N4O2S3. The van der Waals surface area contributed by atoms with Crippen molar-refractivity contribution in [3.8, 4) is 5.69 Å². The number of nitrogens with two attached hydrogens (primary N) is 1. The molecule has 1 aromatic carbocycles. The van der Waals surface area contributed by atoms with Gasteiger partial charge in [0.1, 0.15) is 0 Å². The number of urea groups is 1. The number of nitrogens with zero attached hydrogens (tertiary/aromatic N) is 2. The van der Waals surface area contributed by atoms with E-state index in [9.17, 15) is 9.59 Å². The van der Waals surface area contributed by atoms with Gasteiger partial charge in [0.2, 0.25) is 5.91 Å². The van der Waals surface area contributed by atoms with Gasteiger partial charge in [-0.25, -0.2) is 9.48 Å². The standard InChI is InChI=1S/C14H16N4O2S3/c1-8(2)10(11(19)16-12(15)20)22-13-17-18(14(21)23-13)9-6-4-3-5-7-9/h3-8,10H,1-2H3,(H3,15,16,19,20)/t10-/m0/s1. The Hall–Kier alpha value is -1.71. The van der Waals surface area contributed by atoms with Crippen molar-refractivity contribution in [3.63, 3.8) is 0 Å². The first-order valence-electron chi connectivity index (χ1n) is 6.81. The van der Waals surface area contributed by atoms with Crippen molar-refractivity contribution in [3.05, 3.63) is 34.3 Å². The topological polar surface area (TPSA) is 90.0 Å². The number of primary amides is 1. The van der Waals surface area contributed by atoms with Crippen LogP contribution in [0.5, 0.6) is 0 Å². The lowest BCUT2D eigenvalue weighted by atomic mass is 10.1. The van der Waals surface area contributed by atoms with E-state index in [2.05, 4.69) is 10.4 Å². The maximum Gasteiger partial charge on any atom is 0.318 e. The van der Waals surface area contributed by atoms with E-state index >= 15 is 0 Å². The summed E-state index contributed by atoms with van der Waals surface area (Å²) < 4.78 is 2.92. The second-order valence-electron chi connectivity index (χ2n) is 5.02. The largest absolute Gasteiger partial charge is 0.351 e. The zero-order valence-corrected chi connectivity index (χ0v) is 15.0. The van der Waals surface area contributed by atoms with Crippen LogP contribution in [0.15, 0.2) is 34.7 Å². The number of nitrogens with one attached hydrogen (secondary N) is 1. The van der Waals surface area contributed by atoms with Gasteiger partial charge in [-0.3, -0.25) is 10.1 Å². The van der Waals surface area contributed by atoms with Gasteiger partial charge in [0.25, 0.3) is 0 Å². The normalized spacial score (nSPS) is 12.1. The predicted octanol–water partition coefficient (Wildman–Crippen LogP) is 2.97. The van der Waals surface area contributed by atoms with Crippen LogP contribution in [0.1, 0.15) is 13.8 Å². The highest BCUT2D eigenvalue weighted by Crippen LogP contribution is 2.31. The Balaban J connectivity index is 2.23. The molecule has 3 amide bonds. The summed E-state index contributed by atoms with van der Waals surface area (Å²) in [5, 5.41) is 6.10. The molecule has 122 valence electrons. The van der Waals surface area contributed by atoms with E-state index in [0.29, 0.717) is 8.29 Å². The van der Waals surface area contributed by atoms with Crippen molar-refractivity contribution in [1.82, 2.24) is 15.1 Å². The third-order valence-corrected chi connectivity index (χ3v) is 5.73. The number of hydrogen-bond acceptors (Lipinski definition) is 6. The first kappa shape index (κ1) is 17.6. The molecule has 0 radical (unpaired) electrons. The van der Waals surface area contributed by atoms with Crippen LogP contribution in [0.25, 0.3) is 5.69 Å². The minimum atomic E-state index is -0.858. The van der Waals surface area contributed by atoms with Crippen LogP contribution in [0.2, 0.25) is 0 Å². The average Bonchev–Trinajstić information content (AvgIpc) is 2.85. The third-order valence-electron chi connectivity index (χ3n) is 2.87. The fourth-order valence-electron chi connectivity index (χ4n) is 1.83. The van der Waals surface area contributed by atoms with Gasteiger partial charge in [0, 0.05) is 0 Å². The van der Waals surface area contributed by atoms with Gasteiger partial charge in [-0.2, -0.15) is 0 Å². The van der Waals surface area contributed by atoms with Crippen LogP contribution in [-0.4, -0.2) is 27.0 Å². The number of benzene rings is 1. The molecule has 0 aliphatic carbocycles. The minimum Gasteiger partial charge on any atom is -0.351 e. The highest BCUT2D eigenvalue weighted by atomic mass is 32.2. The van der Waals surface area contributed by atoms with Crippen LogP contribution < -0.4 is 11.1 Å². The summed E-state index contributed by atoms with van der Waals surface area (Å²) in [4.78, 5) is 23.0. The average molecular weight is 369 g/mol. The van der Waals surface area contributed by atoms with Gasteiger partial charge in [0.15, 0.2) is 8.29 Å². The van der Waals surface area contributed by atoms with Crippen molar-refractivity contribution in [2.24, 2.45) is 11.7 Å². The molecule has 23 heavy (non-hydrogen) atoms. The molecule has 0 bridgehead atoms. The number of imide groups is 1. The molecule has 1 heterocycles. The maximum atomic E-state index is 12.1. The van der Waals surface area contributed by atoms with Crippen molar-refractivity contribution in [2.75, 3.05) is 0 Å². The number of para-hydroxylation sites is 1. The Bertz CT molecular complexity index is 755. The van der Waals surface area contributed by atoms with E-state index in [1.165, 1.54) is 23.1 Å². The van der Waals surface area contributed by atoms with E-state index in [1.54, 1.807) is 4.68 Å². The molecule has 9 heteroatoms. The van der Waals surface area contributed by atoms with Gasteiger partial charge in [-0.05, 0) is 30.3 Å². The Morgan fingerprint density at radius 2 is 2.00 bits per heavy atom. The van der Waals surface area contributed by atoms with E-state index < -0.39 is 17.2 Å². The molecule has 0 aliphatic rings. The molecule has 1 atom stereocenters. The van der Waals surface area contributed by atoms with Crippen molar-refractivity contribution in [2.45, 2.75) is 23.4 Å². The van der Waals surface area contributed by atoms with Gasteiger partial charge in [-0.15, -0.1) is 5.10 Å². The smallest absolute Gasteiger partial charge is 0.318 e. The second-order valence-corrected chi connectivity index (χ2v) is 8.03. The number of rotatable bonds is 5. The Morgan fingerprint density at radius 1 is 1.35 bits per heavy atom. The third kappa shape index (κ3) is 4.63. The molecule has 0 unspecified atom stereocenters. The van der Waals surface area contributed by atoms with Crippen molar-refractivity contribution in [1.29, 1.82) is 0 Å². The van der Waals surface area contributed by atoms with Crippen LogP contribution in [0.3, 0.4) is 0 Å². The summed E-state index contributed by atoms with van der Waals surface area (Å²) in [6.07, 6.45) is 0. The predicted molar refractivity (Wildman–Crippen MR) is 94.5 cm³/mol. The summed E-state index contributed by atoms with van der Waals surface area (Å²) in [5.74, 6) is -0.424. The van der Waals surface area contributed by atoms with Gasteiger partial charge < -0.3 is 5.73 Å². The van der Waals surface area contributed by atoms with Crippen LogP contribution in [0, 0.1) is 9.87 Å². The summed E-state index contributed by atoms with van der Waals surface area (Å²) in [6.45, 7) is 3.79. The summed E-state index contributed by atoms with van der Waals surface area (Å²) in [7, 11) is 0. The quantitative estimate of drug-likeness (QED) is 0.625. The zero-order valence-electron chi connectivity index (χ0n) is 12.6. The van der Waals surface area contributed by atoms with E-state index in [4.69, 9.17) is 18.0 Å². The summed E-state index contributed by atoms with van der Waals surface area (Å²) in [6, 6.07) is 8.68. The van der Waals surface area contributed by atoms with E-state index in [0.717, 1.165) is 5.69 Å². The number of aromatic nitrogens is 2. The van der Waals surface area contributed by atoms with Crippen LogP contribution >= 0.6 is 35.3 Å². The first-order chi connectivity index (χ1) is 10.9. The van der Waals surface area contributed by atoms with Gasteiger partial charge in [0.05, 0.1) is 10.9 Å². The number of hydrogen-bond donors (Lipinski definition) is 2. The highest BCUT2D eigenvalue weighted by Gasteiger charge is 2.26. The summed E-state index contributed by atoms with van der Waals surface area (Å²) in [5.41, 5.74) is 5.88.